The number of rotatable bonds is 8. The second-order valence-electron chi connectivity index (χ2n) is 7.84. The number of ether oxygens (including phenoxy) is 3. The molecule has 0 unspecified atom stereocenters. The Kier molecular flexibility index (Phi) is 7.96. The lowest BCUT2D eigenvalue weighted by Gasteiger charge is -2.14. The summed E-state index contributed by atoms with van der Waals surface area (Å²) in [5, 5.41) is 0. The van der Waals surface area contributed by atoms with E-state index < -0.39 is 23.7 Å². The molecule has 7 heteroatoms. The fraction of sp³-hybridized carbons (Fsp3) is 0.0690. The van der Waals surface area contributed by atoms with Crippen LogP contribution in [0.25, 0.3) is 22.3 Å². The smallest absolute Gasteiger partial charge is 0.338 e. The van der Waals surface area contributed by atoms with Crippen LogP contribution in [0.1, 0.15) is 13.8 Å². The molecule has 0 heterocycles. The first-order valence-corrected chi connectivity index (χ1v) is 10.7. The van der Waals surface area contributed by atoms with Gasteiger partial charge in [0.25, 0.3) is 0 Å². The highest BCUT2D eigenvalue weighted by Crippen LogP contribution is 2.37. The minimum atomic E-state index is -0.720. The number of esters is 3. The highest BCUT2D eigenvalue weighted by atomic mass is 19.1. The molecule has 0 aliphatic heterocycles. The van der Waals surface area contributed by atoms with E-state index in [1.807, 2.05) is 0 Å². The first-order chi connectivity index (χ1) is 17.1. The number of hydrogen-bond acceptors (Lipinski definition) is 6. The van der Waals surface area contributed by atoms with E-state index >= 15 is 4.39 Å². The number of carbonyl (C=O) groups is 3. The van der Waals surface area contributed by atoms with Gasteiger partial charge in [-0.3, -0.25) is 0 Å². The standard InChI is InChI=1S/C29H23FO6/c1-6-27(31)36-26-16-23(19-7-11-21(12-8-19)34-28(32)17(2)3)25(30)15-24(26)20-9-13-22(14-10-20)35-29(33)18(4)5/h6-16H,1-2,4H2,3,5H3. The van der Waals surface area contributed by atoms with Gasteiger partial charge >= 0.3 is 17.9 Å². The molecular formula is C29H23FO6. The lowest BCUT2D eigenvalue weighted by Crippen LogP contribution is -2.08. The molecule has 0 atom stereocenters. The number of benzene rings is 3. The van der Waals surface area contributed by atoms with Crippen molar-refractivity contribution in [3.05, 3.63) is 103 Å². The first-order valence-electron chi connectivity index (χ1n) is 10.7. The highest BCUT2D eigenvalue weighted by molar-refractivity contribution is 5.90. The van der Waals surface area contributed by atoms with E-state index in [9.17, 15) is 14.4 Å². The Morgan fingerprint density at radius 3 is 1.58 bits per heavy atom. The van der Waals surface area contributed by atoms with E-state index in [4.69, 9.17) is 14.2 Å². The molecule has 0 aliphatic carbocycles. The summed E-state index contributed by atoms with van der Waals surface area (Å²) in [4.78, 5) is 35.4. The molecule has 3 aromatic rings. The SMILES string of the molecule is C=CC(=O)Oc1cc(-c2ccc(OC(=O)C(=C)C)cc2)c(F)cc1-c1ccc(OC(=O)C(=C)C)cc1. The summed E-state index contributed by atoms with van der Waals surface area (Å²) in [5.74, 6) is -1.79. The molecule has 0 saturated heterocycles. The van der Waals surface area contributed by atoms with Crippen molar-refractivity contribution < 1.29 is 33.0 Å². The predicted molar refractivity (Wildman–Crippen MR) is 134 cm³/mol. The normalized spacial score (nSPS) is 10.2. The molecule has 3 rings (SSSR count). The van der Waals surface area contributed by atoms with Crippen molar-refractivity contribution in [1.29, 1.82) is 0 Å². The molecule has 0 N–H and O–H groups in total. The Balaban J connectivity index is 1.98. The van der Waals surface area contributed by atoms with Crippen LogP contribution >= 0.6 is 0 Å². The fourth-order valence-electron chi connectivity index (χ4n) is 3.03. The summed E-state index contributed by atoms with van der Waals surface area (Å²) in [6.45, 7) is 13.5. The van der Waals surface area contributed by atoms with Crippen LogP contribution < -0.4 is 14.2 Å². The highest BCUT2D eigenvalue weighted by Gasteiger charge is 2.17. The molecular weight excluding hydrogens is 463 g/mol. The third-order valence-corrected chi connectivity index (χ3v) is 4.90. The molecule has 0 amide bonds. The van der Waals surface area contributed by atoms with Crippen molar-refractivity contribution >= 4 is 17.9 Å². The summed E-state index contributed by atoms with van der Waals surface area (Å²) in [6.07, 6.45) is 0.998. The van der Waals surface area contributed by atoms with Crippen molar-refractivity contribution in [2.75, 3.05) is 0 Å². The molecule has 0 spiro atoms. The van der Waals surface area contributed by atoms with Gasteiger partial charge in [-0.1, -0.05) is 44.0 Å². The topological polar surface area (TPSA) is 78.9 Å². The van der Waals surface area contributed by atoms with Crippen LogP contribution in [0.2, 0.25) is 0 Å². The first kappa shape index (κ1) is 25.8. The van der Waals surface area contributed by atoms with Crippen LogP contribution in [0.15, 0.2) is 97.6 Å². The molecule has 6 nitrogen and oxygen atoms in total. The van der Waals surface area contributed by atoms with Crippen LogP contribution in [0.3, 0.4) is 0 Å². The van der Waals surface area contributed by atoms with Gasteiger partial charge in [-0.05, 0) is 61.4 Å². The third kappa shape index (κ3) is 6.21. The zero-order valence-electron chi connectivity index (χ0n) is 19.8. The lowest BCUT2D eigenvalue weighted by molar-refractivity contribution is -0.130. The van der Waals surface area contributed by atoms with Crippen molar-refractivity contribution in [3.8, 4) is 39.5 Å². The Morgan fingerprint density at radius 2 is 1.17 bits per heavy atom. The maximum atomic E-state index is 15.2. The molecule has 0 aromatic heterocycles. The molecule has 182 valence electrons. The lowest BCUT2D eigenvalue weighted by atomic mass is 9.98. The quantitative estimate of drug-likeness (QED) is 0.214. The maximum Gasteiger partial charge on any atom is 0.338 e. The van der Waals surface area contributed by atoms with Gasteiger partial charge in [0.2, 0.25) is 0 Å². The van der Waals surface area contributed by atoms with E-state index in [0.717, 1.165) is 6.08 Å². The maximum absolute atomic E-state index is 15.2. The van der Waals surface area contributed by atoms with Gasteiger partial charge < -0.3 is 14.2 Å². The Bertz CT molecular complexity index is 1370. The zero-order valence-corrected chi connectivity index (χ0v) is 19.8. The summed E-state index contributed by atoms with van der Waals surface area (Å²) in [5.41, 5.74) is 1.94. The van der Waals surface area contributed by atoms with Gasteiger partial charge in [0.05, 0.1) is 0 Å². The number of halogens is 1. The van der Waals surface area contributed by atoms with E-state index in [0.29, 0.717) is 16.7 Å². The summed E-state index contributed by atoms with van der Waals surface area (Å²) in [7, 11) is 0. The van der Waals surface area contributed by atoms with Crippen molar-refractivity contribution in [2.24, 2.45) is 0 Å². The van der Waals surface area contributed by atoms with Crippen LogP contribution in [-0.4, -0.2) is 17.9 Å². The van der Waals surface area contributed by atoms with Gasteiger partial charge in [0.1, 0.15) is 23.1 Å². The number of carbonyl (C=O) groups excluding carboxylic acids is 3. The molecule has 3 aromatic carbocycles. The molecule has 36 heavy (non-hydrogen) atoms. The predicted octanol–water partition coefficient (Wildman–Crippen LogP) is 6.21. The van der Waals surface area contributed by atoms with Crippen molar-refractivity contribution in [3.63, 3.8) is 0 Å². The molecule has 0 aliphatic rings. The molecule has 0 saturated carbocycles. The van der Waals surface area contributed by atoms with E-state index in [2.05, 4.69) is 19.7 Å². The Labute approximate surface area is 207 Å². The molecule has 0 radical (unpaired) electrons. The van der Waals surface area contributed by atoms with Crippen molar-refractivity contribution in [1.82, 2.24) is 0 Å². The van der Waals surface area contributed by atoms with Crippen LogP contribution in [0, 0.1) is 5.82 Å². The fourth-order valence-corrected chi connectivity index (χ4v) is 3.03. The monoisotopic (exact) mass is 486 g/mol. The van der Waals surface area contributed by atoms with Gasteiger partial charge in [-0.25, -0.2) is 18.8 Å². The zero-order chi connectivity index (χ0) is 26.4. The Hall–Kier alpha value is -4.78. The van der Waals surface area contributed by atoms with E-state index in [-0.39, 0.29) is 34.0 Å². The van der Waals surface area contributed by atoms with E-state index in [1.54, 1.807) is 24.3 Å². The average molecular weight is 486 g/mol. The van der Waals surface area contributed by atoms with Crippen LogP contribution in [0.5, 0.6) is 17.2 Å². The summed E-state index contributed by atoms with van der Waals surface area (Å²) >= 11 is 0. The van der Waals surface area contributed by atoms with Crippen LogP contribution in [-0.2, 0) is 14.4 Å². The van der Waals surface area contributed by atoms with Gasteiger partial charge in [-0.15, -0.1) is 0 Å². The third-order valence-electron chi connectivity index (χ3n) is 4.90. The minimum absolute atomic E-state index is 0.0979. The Morgan fingerprint density at radius 1 is 0.722 bits per heavy atom. The average Bonchev–Trinajstić information content (AvgIpc) is 2.85. The van der Waals surface area contributed by atoms with Gasteiger partial charge in [-0.2, -0.15) is 0 Å². The van der Waals surface area contributed by atoms with Gasteiger partial charge in [0, 0.05) is 28.3 Å². The molecule has 0 fully saturated rings. The summed E-state index contributed by atoms with van der Waals surface area (Å²) in [6, 6.07) is 15.1. The second-order valence-corrected chi connectivity index (χ2v) is 7.84. The second kappa shape index (κ2) is 11.1. The summed E-state index contributed by atoms with van der Waals surface area (Å²) < 4.78 is 31.0. The molecule has 0 bridgehead atoms. The number of hydrogen-bond donors (Lipinski definition) is 0. The van der Waals surface area contributed by atoms with Crippen LogP contribution in [0.4, 0.5) is 4.39 Å². The largest absolute Gasteiger partial charge is 0.423 e. The minimum Gasteiger partial charge on any atom is -0.423 e. The van der Waals surface area contributed by atoms with E-state index in [1.165, 1.54) is 50.2 Å². The van der Waals surface area contributed by atoms with Gasteiger partial charge in [0.15, 0.2) is 0 Å². The van der Waals surface area contributed by atoms with Crippen molar-refractivity contribution in [2.45, 2.75) is 13.8 Å².